The molecule has 2 aliphatic rings. The smallest absolute Gasteiger partial charge is 0.243 e. The summed E-state index contributed by atoms with van der Waals surface area (Å²) in [6, 6.07) is 2.27. The van der Waals surface area contributed by atoms with Crippen molar-refractivity contribution in [2.24, 2.45) is 0 Å². The Morgan fingerprint density at radius 2 is 1.62 bits per heavy atom. The lowest BCUT2D eigenvalue weighted by atomic mass is 10.2. The van der Waals surface area contributed by atoms with Crippen LogP contribution >= 0.6 is 0 Å². The molecule has 2 fully saturated rings. The summed E-state index contributed by atoms with van der Waals surface area (Å²) in [7, 11) is -3.90. The highest BCUT2D eigenvalue weighted by Gasteiger charge is 2.34. The minimum absolute atomic E-state index is 0.0673. The summed E-state index contributed by atoms with van der Waals surface area (Å²) < 4.78 is 53.2. The predicted octanol–water partition coefficient (Wildman–Crippen LogP) is 0.824. The summed E-state index contributed by atoms with van der Waals surface area (Å²) >= 11 is 0. The van der Waals surface area contributed by atoms with Crippen LogP contribution in [-0.2, 0) is 14.8 Å². The van der Waals surface area contributed by atoms with Crippen molar-refractivity contribution in [3.8, 4) is 0 Å². The highest BCUT2D eigenvalue weighted by Crippen LogP contribution is 2.21. The van der Waals surface area contributed by atoms with Gasteiger partial charge in [-0.2, -0.15) is 4.31 Å². The molecule has 0 saturated carbocycles. The molecule has 0 aromatic heterocycles. The summed E-state index contributed by atoms with van der Waals surface area (Å²) in [5.41, 5.74) is 0. The highest BCUT2D eigenvalue weighted by atomic mass is 32.2. The normalized spacial score (nSPS) is 21.3. The van der Waals surface area contributed by atoms with Crippen molar-refractivity contribution in [2.75, 3.05) is 58.9 Å². The fraction of sp³-hybridized carbons (Fsp3) is 0.632. The van der Waals surface area contributed by atoms with Crippen LogP contribution in [0.2, 0.25) is 0 Å². The van der Waals surface area contributed by atoms with Gasteiger partial charge in [0.1, 0.15) is 0 Å². The lowest BCUT2D eigenvalue weighted by Crippen LogP contribution is -2.57. The molecule has 29 heavy (non-hydrogen) atoms. The third-order valence-electron chi connectivity index (χ3n) is 5.84. The second kappa shape index (κ2) is 9.03. The van der Waals surface area contributed by atoms with Gasteiger partial charge in [-0.15, -0.1) is 0 Å². The van der Waals surface area contributed by atoms with Crippen LogP contribution in [0.15, 0.2) is 23.1 Å². The van der Waals surface area contributed by atoms with Gasteiger partial charge >= 0.3 is 0 Å². The van der Waals surface area contributed by atoms with Gasteiger partial charge in [-0.3, -0.25) is 9.69 Å². The zero-order valence-corrected chi connectivity index (χ0v) is 17.7. The molecule has 0 aliphatic carbocycles. The Bertz CT molecular complexity index is 836. The number of rotatable bonds is 5. The van der Waals surface area contributed by atoms with Crippen LogP contribution < -0.4 is 0 Å². The monoisotopic (exact) mass is 430 g/mol. The van der Waals surface area contributed by atoms with Crippen LogP contribution in [0, 0.1) is 11.6 Å². The van der Waals surface area contributed by atoms with Crippen LogP contribution in [0.3, 0.4) is 0 Å². The van der Waals surface area contributed by atoms with E-state index in [1.54, 1.807) is 0 Å². The third-order valence-corrected chi connectivity index (χ3v) is 7.73. The first-order valence-electron chi connectivity index (χ1n) is 9.94. The number of sulfonamides is 1. The number of hydrogen-bond acceptors (Lipinski definition) is 5. The molecule has 2 heterocycles. The Kier molecular flexibility index (Phi) is 6.87. The minimum Gasteiger partial charge on any atom is -0.339 e. The maximum Gasteiger partial charge on any atom is 0.243 e. The van der Waals surface area contributed by atoms with Crippen molar-refractivity contribution in [1.82, 2.24) is 19.0 Å². The average Bonchev–Trinajstić information content (AvgIpc) is 2.74. The molecule has 10 heteroatoms. The minimum atomic E-state index is -3.90. The van der Waals surface area contributed by atoms with E-state index >= 15 is 0 Å². The molecule has 7 nitrogen and oxygen atoms in total. The summed E-state index contributed by atoms with van der Waals surface area (Å²) in [6.07, 6.45) is 0. The molecule has 1 aromatic carbocycles. The molecular formula is C19H28F2N4O3S. The van der Waals surface area contributed by atoms with E-state index in [0.29, 0.717) is 32.2 Å². The second-order valence-electron chi connectivity index (χ2n) is 7.45. The molecule has 1 aromatic rings. The zero-order chi connectivity index (χ0) is 21.2. The molecule has 1 amide bonds. The number of piperazine rings is 2. The van der Waals surface area contributed by atoms with Crippen molar-refractivity contribution in [1.29, 1.82) is 0 Å². The molecule has 2 aliphatic heterocycles. The van der Waals surface area contributed by atoms with E-state index < -0.39 is 21.7 Å². The second-order valence-corrected chi connectivity index (χ2v) is 9.39. The number of hydrogen-bond donors (Lipinski definition) is 0. The summed E-state index contributed by atoms with van der Waals surface area (Å²) in [4.78, 5) is 18.7. The summed E-state index contributed by atoms with van der Waals surface area (Å²) in [6.45, 7) is 9.31. The molecule has 0 unspecified atom stereocenters. The number of amides is 1. The maximum absolute atomic E-state index is 13.4. The van der Waals surface area contributed by atoms with E-state index in [2.05, 4.69) is 11.8 Å². The fourth-order valence-electron chi connectivity index (χ4n) is 3.82. The topological polar surface area (TPSA) is 64.2 Å². The summed E-state index contributed by atoms with van der Waals surface area (Å²) in [5, 5.41) is 0. The van der Waals surface area contributed by atoms with Gasteiger partial charge in [0.2, 0.25) is 15.9 Å². The van der Waals surface area contributed by atoms with E-state index in [0.717, 1.165) is 31.8 Å². The van der Waals surface area contributed by atoms with E-state index in [1.807, 2.05) is 16.7 Å². The van der Waals surface area contributed by atoms with Crippen LogP contribution in [0.4, 0.5) is 8.78 Å². The van der Waals surface area contributed by atoms with Crippen LogP contribution in [-0.4, -0.2) is 98.3 Å². The van der Waals surface area contributed by atoms with Crippen molar-refractivity contribution in [3.63, 3.8) is 0 Å². The van der Waals surface area contributed by atoms with Gasteiger partial charge < -0.3 is 9.80 Å². The van der Waals surface area contributed by atoms with E-state index in [-0.39, 0.29) is 29.9 Å². The quantitative estimate of drug-likeness (QED) is 0.692. The lowest BCUT2D eigenvalue weighted by molar-refractivity contribution is -0.138. The lowest BCUT2D eigenvalue weighted by Gasteiger charge is -2.40. The Hall–Kier alpha value is -1.62. The number of carbonyl (C=O) groups is 1. The third kappa shape index (κ3) is 4.76. The first kappa shape index (κ1) is 22.1. The number of halogens is 2. The van der Waals surface area contributed by atoms with Crippen molar-refractivity contribution < 1.29 is 22.0 Å². The van der Waals surface area contributed by atoms with Gasteiger partial charge in [-0.25, -0.2) is 17.2 Å². The van der Waals surface area contributed by atoms with Gasteiger partial charge in [0.15, 0.2) is 11.6 Å². The number of nitrogens with zero attached hydrogens (tertiary/aromatic N) is 4. The summed E-state index contributed by atoms with van der Waals surface area (Å²) in [5.74, 6) is -2.20. The first-order chi connectivity index (χ1) is 13.7. The molecule has 0 radical (unpaired) electrons. The maximum atomic E-state index is 13.4. The molecule has 3 rings (SSSR count). The Morgan fingerprint density at radius 3 is 2.17 bits per heavy atom. The van der Waals surface area contributed by atoms with Crippen molar-refractivity contribution in [2.45, 2.75) is 24.8 Å². The Morgan fingerprint density at radius 1 is 1.00 bits per heavy atom. The van der Waals surface area contributed by atoms with Crippen molar-refractivity contribution in [3.05, 3.63) is 29.8 Å². The SMILES string of the molecule is CCN1CCN(C(=O)[C@H](C)N2CCN(S(=O)(=O)c3ccc(F)c(F)c3)CC2)CC1. The van der Waals surface area contributed by atoms with Gasteiger partial charge in [0.25, 0.3) is 0 Å². The van der Waals surface area contributed by atoms with Gasteiger partial charge in [0, 0.05) is 52.4 Å². The van der Waals surface area contributed by atoms with Crippen LogP contribution in [0.1, 0.15) is 13.8 Å². The molecule has 0 bridgehead atoms. The zero-order valence-electron chi connectivity index (χ0n) is 16.9. The molecule has 162 valence electrons. The average molecular weight is 431 g/mol. The Balaban J connectivity index is 1.58. The van der Waals surface area contributed by atoms with E-state index in [9.17, 15) is 22.0 Å². The van der Waals surface area contributed by atoms with E-state index in [4.69, 9.17) is 0 Å². The van der Waals surface area contributed by atoms with Crippen LogP contribution in [0.25, 0.3) is 0 Å². The predicted molar refractivity (Wildman–Crippen MR) is 105 cm³/mol. The number of benzene rings is 1. The number of likely N-dealkylation sites (N-methyl/N-ethyl adjacent to an activating group) is 1. The highest BCUT2D eigenvalue weighted by molar-refractivity contribution is 7.89. The number of carbonyl (C=O) groups excluding carboxylic acids is 1. The molecule has 0 spiro atoms. The largest absolute Gasteiger partial charge is 0.339 e. The van der Waals surface area contributed by atoms with E-state index in [1.165, 1.54) is 4.31 Å². The van der Waals surface area contributed by atoms with Gasteiger partial charge in [0.05, 0.1) is 10.9 Å². The fourth-order valence-corrected chi connectivity index (χ4v) is 5.26. The van der Waals surface area contributed by atoms with Crippen LogP contribution in [0.5, 0.6) is 0 Å². The first-order valence-corrected chi connectivity index (χ1v) is 11.4. The standard InChI is InChI=1S/C19H28F2N4O3S/c1-3-22-6-8-24(9-7-22)19(26)15(2)23-10-12-25(13-11-23)29(27,28)16-4-5-17(20)18(21)14-16/h4-5,14-15H,3,6-13H2,1-2H3/t15-/m0/s1. The molecule has 0 N–H and O–H groups in total. The van der Waals surface area contributed by atoms with Crippen molar-refractivity contribution >= 4 is 15.9 Å². The van der Waals surface area contributed by atoms with Gasteiger partial charge in [-0.1, -0.05) is 6.92 Å². The molecule has 1 atom stereocenters. The van der Waals surface area contributed by atoms with Gasteiger partial charge in [-0.05, 0) is 31.7 Å². The Labute approximate surface area is 170 Å². The molecular weight excluding hydrogens is 402 g/mol. The molecule has 2 saturated heterocycles.